The van der Waals surface area contributed by atoms with E-state index in [0.29, 0.717) is 6.42 Å². The number of fused-ring (bicyclic) bond motifs is 1. The third-order valence-corrected chi connectivity index (χ3v) is 3.42. The molecule has 1 aliphatic rings. The SMILES string of the molecule is CC(C)NC(=O)O[C@@H]1CCc2cccc(Cl)c2C1. The summed E-state index contributed by atoms with van der Waals surface area (Å²) in [5.41, 5.74) is 2.39. The van der Waals surface area contributed by atoms with Crippen molar-refractivity contribution in [1.82, 2.24) is 5.32 Å². The van der Waals surface area contributed by atoms with Gasteiger partial charge in [0.05, 0.1) is 0 Å². The summed E-state index contributed by atoms with van der Waals surface area (Å²) in [5, 5.41) is 3.50. The minimum absolute atomic E-state index is 0.0730. The summed E-state index contributed by atoms with van der Waals surface area (Å²) in [6.45, 7) is 3.82. The van der Waals surface area contributed by atoms with Crippen molar-refractivity contribution in [3.8, 4) is 0 Å². The van der Waals surface area contributed by atoms with Gasteiger partial charge in [-0.1, -0.05) is 23.7 Å². The molecule has 0 heterocycles. The van der Waals surface area contributed by atoms with Crippen LogP contribution in [-0.4, -0.2) is 18.2 Å². The number of carbonyl (C=O) groups is 1. The van der Waals surface area contributed by atoms with Crippen molar-refractivity contribution in [2.24, 2.45) is 0 Å². The average molecular weight is 268 g/mol. The van der Waals surface area contributed by atoms with Gasteiger partial charge in [-0.3, -0.25) is 0 Å². The molecule has 1 aliphatic carbocycles. The van der Waals surface area contributed by atoms with Crippen LogP contribution < -0.4 is 5.32 Å². The topological polar surface area (TPSA) is 38.3 Å². The molecule has 1 N–H and O–H groups in total. The van der Waals surface area contributed by atoms with E-state index in [4.69, 9.17) is 16.3 Å². The molecule has 0 fully saturated rings. The fourth-order valence-electron chi connectivity index (χ4n) is 2.23. The summed E-state index contributed by atoms with van der Waals surface area (Å²) in [7, 11) is 0. The van der Waals surface area contributed by atoms with Gasteiger partial charge in [-0.25, -0.2) is 4.79 Å². The molecule has 1 aromatic rings. The summed E-state index contributed by atoms with van der Waals surface area (Å²) < 4.78 is 5.41. The lowest BCUT2D eigenvalue weighted by Gasteiger charge is -2.25. The Balaban J connectivity index is 1.99. The van der Waals surface area contributed by atoms with Crippen molar-refractivity contribution < 1.29 is 9.53 Å². The monoisotopic (exact) mass is 267 g/mol. The van der Waals surface area contributed by atoms with Gasteiger partial charge in [-0.2, -0.15) is 0 Å². The second-order valence-corrected chi connectivity index (χ2v) is 5.35. The molecule has 0 aromatic heterocycles. The minimum atomic E-state index is -0.342. The zero-order valence-corrected chi connectivity index (χ0v) is 11.5. The van der Waals surface area contributed by atoms with E-state index in [0.717, 1.165) is 23.4 Å². The number of hydrogen-bond acceptors (Lipinski definition) is 2. The Hall–Kier alpha value is -1.22. The van der Waals surface area contributed by atoms with E-state index in [1.807, 2.05) is 26.0 Å². The average Bonchev–Trinajstić information content (AvgIpc) is 2.29. The fraction of sp³-hybridized carbons (Fsp3) is 0.500. The Morgan fingerprint density at radius 1 is 1.50 bits per heavy atom. The molecule has 0 unspecified atom stereocenters. The Labute approximate surface area is 112 Å². The van der Waals surface area contributed by atoms with Crippen LogP contribution in [0.25, 0.3) is 0 Å². The lowest BCUT2D eigenvalue weighted by Crippen LogP contribution is -2.35. The number of benzene rings is 1. The normalized spacial score (nSPS) is 18.3. The van der Waals surface area contributed by atoms with Gasteiger partial charge in [0.15, 0.2) is 0 Å². The van der Waals surface area contributed by atoms with E-state index in [-0.39, 0.29) is 18.2 Å². The smallest absolute Gasteiger partial charge is 0.407 e. The van der Waals surface area contributed by atoms with Crippen molar-refractivity contribution in [2.45, 2.75) is 45.3 Å². The van der Waals surface area contributed by atoms with Crippen LogP contribution in [0, 0.1) is 0 Å². The molecule has 0 saturated heterocycles. The molecule has 0 spiro atoms. The van der Waals surface area contributed by atoms with Gasteiger partial charge < -0.3 is 10.1 Å². The summed E-state index contributed by atoms with van der Waals surface area (Å²) in [4.78, 5) is 11.6. The molecule has 4 heteroatoms. The second kappa shape index (κ2) is 5.61. The number of alkyl carbamates (subject to hydrolysis) is 1. The fourth-order valence-corrected chi connectivity index (χ4v) is 2.51. The molecule has 98 valence electrons. The van der Waals surface area contributed by atoms with Gasteiger partial charge in [-0.15, -0.1) is 0 Å². The van der Waals surface area contributed by atoms with E-state index in [1.165, 1.54) is 5.56 Å². The predicted octanol–water partition coefficient (Wildman–Crippen LogP) is 3.33. The van der Waals surface area contributed by atoms with Crippen molar-refractivity contribution in [2.75, 3.05) is 0 Å². The van der Waals surface area contributed by atoms with Crippen molar-refractivity contribution in [1.29, 1.82) is 0 Å². The van der Waals surface area contributed by atoms with Crippen LogP contribution in [0.15, 0.2) is 18.2 Å². The van der Waals surface area contributed by atoms with Crippen LogP contribution in [0.1, 0.15) is 31.4 Å². The third kappa shape index (κ3) is 3.16. The quantitative estimate of drug-likeness (QED) is 0.893. The van der Waals surface area contributed by atoms with E-state index >= 15 is 0 Å². The molecule has 0 bridgehead atoms. The molecule has 0 radical (unpaired) electrons. The van der Waals surface area contributed by atoms with Crippen LogP contribution in [0.4, 0.5) is 4.79 Å². The standard InChI is InChI=1S/C14H18ClNO2/c1-9(2)16-14(17)18-11-7-6-10-4-3-5-13(15)12(10)8-11/h3-5,9,11H,6-8H2,1-2H3,(H,16,17)/t11-/m1/s1. The molecule has 0 aliphatic heterocycles. The number of hydrogen-bond donors (Lipinski definition) is 1. The van der Waals surface area contributed by atoms with Crippen LogP contribution in [0.3, 0.4) is 0 Å². The molecule has 3 nitrogen and oxygen atoms in total. The van der Waals surface area contributed by atoms with Gasteiger partial charge in [0.1, 0.15) is 6.10 Å². The van der Waals surface area contributed by atoms with Crippen molar-refractivity contribution in [3.63, 3.8) is 0 Å². The van der Waals surface area contributed by atoms with Gasteiger partial charge in [-0.05, 0) is 43.9 Å². The van der Waals surface area contributed by atoms with Gasteiger partial charge in [0.2, 0.25) is 0 Å². The number of halogens is 1. The maximum Gasteiger partial charge on any atom is 0.407 e. The number of amides is 1. The lowest BCUT2D eigenvalue weighted by atomic mass is 9.90. The zero-order chi connectivity index (χ0) is 13.1. The number of ether oxygens (including phenoxy) is 1. The molecule has 1 atom stereocenters. The molecule has 1 amide bonds. The highest BCUT2D eigenvalue weighted by molar-refractivity contribution is 6.31. The summed E-state index contributed by atoms with van der Waals surface area (Å²) in [6, 6.07) is 6.04. The van der Waals surface area contributed by atoms with E-state index in [1.54, 1.807) is 0 Å². The molecular weight excluding hydrogens is 250 g/mol. The van der Waals surface area contributed by atoms with Crippen molar-refractivity contribution >= 4 is 17.7 Å². The Morgan fingerprint density at radius 3 is 3.00 bits per heavy atom. The number of nitrogens with one attached hydrogen (secondary N) is 1. The van der Waals surface area contributed by atoms with Crippen molar-refractivity contribution in [3.05, 3.63) is 34.3 Å². The highest BCUT2D eigenvalue weighted by atomic mass is 35.5. The largest absolute Gasteiger partial charge is 0.446 e. The lowest BCUT2D eigenvalue weighted by molar-refractivity contribution is 0.0878. The first-order valence-electron chi connectivity index (χ1n) is 6.29. The molecule has 0 saturated carbocycles. The maximum atomic E-state index is 11.6. The molecule has 18 heavy (non-hydrogen) atoms. The van der Waals surface area contributed by atoms with Crippen LogP contribution in [-0.2, 0) is 17.6 Å². The molecule has 1 aromatic carbocycles. The van der Waals surface area contributed by atoms with E-state index in [9.17, 15) is 4.79 Å². The Morgan fingerprint density at radius 2 is 2.28 bits per heavy atom. The Kier molecular flexibility index (Phi) is 4.12. The van der Waals surface area contributed by atoms with E-state index in [2.05, 4.69) is 11.4 Å². The second-order valence-electron chi connectivity index (χ2n) is 4.95. The predicted molar refractivity (Wildman–Crippen MR) is 72.0 cm³/mol. The van der Waals surface area contributed by atoms with Gasteiger partial charge >= 0.3 is 6.09 Å². The summed E-state index contributed by atoms with van der Waals surface area (Å²) in [6.07, 6.45) is 2.07. The molecular formula is C14H18ClNO2. The zero-order valence-electron chi connectivity index (χ0n) is 10.7. The number of rotatable bonds is 2. The third-order valence-electron chi connectivity index (χ3n) is 3.06. The first-order chi connectivity index (χ1) is 8.56. The Bertz CT molecular complexity index is 445. The highest BCUT2D eigenvalue weighted by Gasteiger charge is 2.23. The first-order valence-corrected chi connectivity index (χ1v) is 6.67. The number of carbonyl (C=O) groups excluding carboxylic acids is 1. The molecule has 2 rings (SSSR count). The van der Waals surface area contributed by atoms with Crippen LogP contribution >= 0.6 is 11.6 Å². The first kappa shape index (κ1) is 13.2. The summed E-state index contributed by atoms with van der Waals surface area (Å²) in [5.74, 6) is 0. The minimum Gasteiger partial charge on any atom is -0.446 e. The van der Waals surface area contributed by atoms with E-state index < -0.39 is 0 Å². The summed E-state index contributed by atoms with van der Waals surface area (Å²) >= 11 is 6.17. The van der Waals surface area contributed by atoms with Gasteiger partial charge in [0, 0.05) is 17.5 Å². The highest BCUT2D eigenvalue weighted by Crippen LogP contribution is 2.29. The van der Waals surface area contributed by atoms with Crippen LogP contribution in [0.5, 0.6) is 0 Å². The maximum absolute atomic E-state index is 11.6. The van der Waals surface area contributed by atoms with Gasteiger partial charge in [0.25, 0.3) is 0 Å². The number of aryl methyl sites for hydroxylation is 1. The van der Waals surface area contributed by atoms with Crippen LogP contribution in [0.2, 0.25) is 5.02 Å².